The Morgan fingerprint density at radius 1 is 0.857 bits per heavy atom. The van der Waals surface area contributed by atoms with Crippen molar-refractivity contribution in [2.45, 2.75) is 6.04 Å². The highest BCUT2D eigenvalue weighted by Crippen LogP contribution is 2.25. The van der Waals surface area contributed by atoms with Crippen molar-refractivity contribution in [2.75, 3.05) is 0 Å². The molecular formula is C23H16ClNO3. The van der Waals surface area contributed by atoms with E-state index in [1.165, 1.54) is 6.07 Å². The standard InChI is InChI=1S/C23H16ClNO3/c24-17-10-6-9-16(13-17)22(15-7-2-1-3-8-15)25-23(27)21-14-19(26)18-11-4-5-12-20(18)28-21/h1-14,22H,(H,25,27). The molecule has 0 aliphatic heterocycles. The number of para-hydroxylation sites is 1. The van der Waals surface area contributed by atoms with Gasteiger partial charge in [0.25, 0.3) is 5.91 Å². The molecule has 1 amide bonds. The van der Waals surface area contributed by atoms with Crippen LogP contribution in [0.4, 0.5) is 0 Å². The Bertz CT molecular complexity index is 1200. The van der Waals surface area contributed by atoms with E-state index < -0.39 is 11.9 Å². The summed E-state index contributed by atoms with van der Waals surface area (Å²) >= 11 is 6.14. The predicted molar refractivity (Wildman–Crippen MR) is 110 cm³/mol. The smallest absolute Gasteiger partial charge is 0.287 e. The Morgan fingerprint density at radius 3 is 2.36 bits per heavy atom. The van der Waals surface area contributed by atoms with Gasteiger partial charge in [0.1, 0.15) is 5.58 Å². The molecule has 1 N–H and O–H groups in total. The number of nitrogens with one attached hydrogen (secondary N) is 1. The summed E-state index contributed by atoms with van der Waals surface area (Å²) in [5.41, 5.74) is 1.83. The second kappa shape index (κ2) is 7.71. The summed E-state index contributed by atoms with van der Waals surface area (Å²) in [6.07, 6.45) is 0. The maximum absolute atomic E-state index is 12.9. The molecule has 0 bridgehead atoms. The second-order valence-corrected chi connectivity index (χ2v) is 6.78. The molecule has 4 nitrogen and oxygen atoms in total. The third-order valence-corrected chi connectivity index (χ3v) is 4.68. The van der Waals surface area contributed by atoms with Gasteiger partial charge < -0.3 is 9.73 Å². The number of benzene rings is 3. The molecule has 1 atom stereocenters. The van der Waals surface area contributed by atoms with Crippen molar-refractivity contribution in [2.24, 2.45) is 0 Å². The molecule has 0 spiro atoms. The predicted octanol–water partition coefficient (Wildman–Crippen LogP) is 4.97. The molecule has 0 aliphatic carbocycles. The number of carbonyl (C=O) groups excluding carboxylic acids is 1. The van der Waals surface area contributed by atoms with Gasteiger partial charge in [-0.1, -0.05) is 66.2 Å². The van der Waals surface area contributed by atoms with Gasteiger partial charge in [0.2, 0.25) is 0 Å². The minimum absolute atomic E-state index is 0.0355. The van der Waals surface area contributed by atoms with E-state index in [4.69, 9.17) is 16.0 Å². The lowest BCUT2D eigenvalue weighted by molar-refractivity contribution is 0.0915. The SMILES string of the molecule is O=C(NC(c1ccccc1)c1cccc(Cl)c1)c1cc(=O)c2ccccc2o1. The molecule has 1 unspecified atom stereocenters. The van der Waals surface area contributed by atoms with Crippen LogP contribution in [0.5, 0.6) is 0 Å². The lowest BCUT2D eigenvalue weighted by Crippen LogP contribution is -2.30. The number of amides is 1. The first-order valence-electron chi connectivity index (χ1n) is 8.76. The Kier molecular flexibility index (Phi) is 4.96. The summed E-state index contributed by atoms with van der Waals surface area (Å²) in [7, 11) is 0. The van der Waals surface area contributed by atoms with Gasteiger partial charge in [0.15, 0.2) is 11.2 Å². The zero-order valence-corrected chi connectivity index (χ0v) is 15.5. The van der Waals surface area contributed by atoms with E-state index in [0.29, 0.717) is 16.0 Å². The van der Waals surface area contributed by atoms with Gasteiger partial charge in [0, 0.05) is 11.1 Å². The van der Waals surface area contributed by atoms with Crippen LogP contribution >= 0.6 is 11.6 Å². The first kappa shape index (κ1) is 18.0. The Morgan fingerprint density at radius 2 is 1.57 bits per heavy atom. The fourth-order valence-electron chi connectivity index (χ4n) is 3.11. The highest BCUT2D eigenvalue weighted by molar-refractivity contribution is 6.30. The minimum Gasteiger partial charge on any atom is -0.451 e. The highest BCUT2D eigenvalue weighted by Gasteiger charge is 2.20. The average molecular weight is 390 g/mol. The van der Waals surface area contributed by atoms with Crippen LogP contribution in [0, 0.1) is 0 Å². The van der Waals surface area contributed by atoms with E-state index in [1.54, 1.807) is 36.4 Å². The topological polar surface area (TPSA) is 59.3 Å². The van der Waals surface area contributed by atoms with Gasteiger partial charge in [0.05, 0.1) is 11.4 Å². The molecule has 0 saturated carbocycles. The maximum atomic E-state index is 12.9. The summed E-state index contributed by atoms with van der Waals surface area (Å²) in [5.74, 6) is -0.511. The molecule has 28 heavy (non-hydrogen) atoms. The van der Waals surface area contributed by atoms with Gasteiger partial charge in [-0.15, -0.1) is 0 Å². The van der Waals surface area contributed by atoms with Crippen LogP contribution in [0.1, 0.15) is 27.7 Å². The van der Waals surface area contributed by atoms with Crippen LogP contribution in [0.15, 0.2) is 94.1 Å². The Hall–Kier alpha value is -3.37. The summed E-state index contributed by atoms with van der Waals surface area (Å²) in [6, 6.07) is 24.5. The summed E-state index contributed by atoms with van der Waals surface area (Å²) in [4.78, 5) is 25.2. The van der Waals surface area contributed by atoms with Crippen LogP contribution in [0.3, 0.4) is 0 Å². The fourth-order valence-corrected chi connectivity index (χ4v) is 3.31. The van der Waals surface area contributed by atoms with Crippen molar-refractivity contribution in [1.82, 2.24) is 5.32 Å². The molecule has 5 heteroatoms. The number of rotatable bonds is 4. The molecule has 138 valence electrons. The quantitative estimate of drug-likeness (QED) is 0.536. The van der Waals surface area contributed by atoms with E-state index in [9.17, 15) is 9.59 Å². The number of hydrogen-bond acceptors (Lipinski definition) is 3. The van der Waals surface area contributed by atoms with Gasteiger partial charge >= 0.3 is 0 Å². The molecular weight excluding hydrogens is 374 g/mol. The third kappa shape index (κ3) is 3.68. The average Bonchev–Trinajstić information content (AvgIpc) is 2.72. The van der Waals surface area contributed by atoms with Crippen LogP contribution in [0.2, 0.25) is 5.02 Å². The zero-order valence-electron chi connectivity index (χ0n) is 14.8. The van der Waals surface area contributed by atoms with Crippen LogP contribution < -0.4 is 10.7 Å². The summed E-state index contributed by atoms with van der Waals surface area (Å²) in [5, 5.41) is 3.97. The van der Waals surface area contributed by atoms with Crippen molar-refractivity contribution < 1.29 is 9.21 Å². The molecule has 3 aromatic carbocycles. The molecule has 0 aliphatic rings. The number of fused-ring (bicyclic) bond motifs is 1. The highest BCUT2D eigenvalue weighted by atomic mass is 35.5. The number of hydrogen-bond donors (Lipinski definition) is 1. The number of halogens is 1. The third-order valence-electron chi connectivity index (χ3n) is 4.45. The van der Waals surface area contributed by atoms with Crippen molar-refractivity contribution in [3.05, 3.63) is 117 Å². The molecule has 4 aromatic rings. The first-order chi connectivity index (χ1) is 13.6. The fraction of sp³-hybridized carbons (Fsp3) is 0.0435. The van der Waals surface area contributed by atoms with Crippen LogP contribution in [0.25, 0.3) is 11.0 Å². The van der Waals surface area contributed by atoms with Gasteiger partial charge in [-0.25, -0.2) is 0 Å². The zero-order chi connectivity index (χ0) is 19.5. The van der Waals surface area contributed by atoms with Crippen LogP contribution in [-0.2, 0) is 0 Å². The largest absolute Gasteiger partial charge is 0.451 e. The Balaban J connectivity index is 1.73. The molecule has 0 radical (unpaired) electrons. The summed E-state index contributed by atoms with van der Waals surface area (Å²) in [6.45, 7) is 0. The maximum Gasteiger partial charge on any atom is 0.287 e. The van der Waals surface area contributed by atoms with Crippen molar-refractivity contribution in [1.29, 1.82) is 0 Å². The molecule has 0 fully saturated rings. The first-order valence-corrected chi connectivity index (χ1v) is 9.14. The molecule has 0 saturated heterocycles. The minimum atomic E-state index is -0.475. The number of carbonyl (C=O) groups is 1. The van der Waals surface area contributed by atoms with E-state index in [1.807, 2.05) is 42.5 Å². The van der Waals surface area contributed by atoms with Gasteiger partial charge in [-0.2, -0.15) is 0 Å². The Labute approximate surface area is 166 Å². The van der Waals surface area contributed by atoms with Gasteiger partial charge in [-0.3, -0.25) is 9.59 Å². The van der Waals surface area contributed by atoms with E-state index in [2.05, 4.69) is 5.32 Å². The van der Waals surface area contributed by atoms with E-state index >= 15 is 0 Å². The lowest BCUT2D eigenvalue weighted by atomic mass is 9.98. The molecule has 1 aromatic heterocycles. The van der Waals surface area contributed by atoms with Crippen molar-refractivity contribution >= 4 is 28.5 Å². The summed E-state index contributed by atoms with van der Waals surface area (Å²) < 4.78 is 5.66. The lowest BCUT2D eigenvalue weighted by Gasteiger charge is -2.20. The van der Waals surface area contributed by atoms with Crippen molar-refractivity contribution in [3.8, 4) is 0 Å². The normalized spacial score (nSPS) is 11.9. The molecule has 4 rings (SSSR count). The van der Waals surface area contributed by atoms with Crippen LogP contribution in [-0.4, -0.2) is 5.91 Å². The second-order valence-electron chi connectivity index (χ2n) is 6.34. The van der Waals surface area contributed by atoms with Crippen molar-refractivity contribution in [3.63, 3.8) is 0 Å². The van der Waals surface area contributed by atoms with E-state index in [-0.39, 0.29) is 11.2 Å². The monoisotopic (exact) mass is 389 g/mol. The molecule has 1 heterocycles. The van der Waals surface area contributed by atoms with Gasteiger partial charge in [-0.05, 0) is 35.4 Å². The van der Waals surface area contributed by atoms with E-state index in [0.717, 1.165) is 11.1 Å².